The van der Waals surface area contributed by atoms with E-state index in [4.69, 9.17) is 9.47 Å². The van der Waals surface area contributed by atoms with Gasteiger partial charge in [0.2, 0.25) is 0 Å². The number of hydrogen-bond acceptors (Lipinski definition) is 5. The standard InChI is InChI=1S/C12H17NO4/c1-15-10-5-3-4-6-11(10)17-8-7-13-9-12(14)16-2/h3-6,13H,7-9H2,1-2H3. The molecule has 1 N–H and O–H groups in total. The lowest BCUT2D eigenvalue weighted by atomic mass is 10.3. The highest BCUT2D eigenvalue weighted by atomic mass is 16.5. The van der Waals surface area contributed by atoms with E-state index in [1.54, 1.807) is 7.11 Å². The zero-order valence-corrected chi connectivity index (χ0v) is 10.1. The van der Waals surface area contributed by atoms with Crippen molar-refractivity contribution in [3.8, 4) is 11.5 Å². The van der Waals surface area contributed by atoms with Crippen molar-refractivity contribution < 1.29 is 19.0 Å². The molecule has 1 aromatic carbocycles. The molecule has 0 spiro atoms. The molecule has 0 heterocycles. The van der Waals surface area contributed by atoms with Crippen molar-refractivity contribution in [2.45, 2.75) is 0 Å². The number of ether oxygens (including phenoxy) is 3. The number of nitrogens with one attached hydrogen (secondary N) is 1. The first-order valence-electron chi connectivity index (χ1n) is 5.31. The van der Waals surface area contributed by atoms with Crippen molar-refractivity contribution in [1.82, 2.24) is 5.32 Å². The first-order chi connectivity index (χ1) is 8.27. The fraction of sp³-hybridized carbons (Fsp3) is 0.417. The van der Waals surface area contributed by atoms with Crippen molar-refractivity contribution >= 4 is 5.97 Å². The molecule has 0 aromatic heterocycles. The number of hydrogen-bond donors (Lipinski definition) is 1. The summed E-state index contributed by atoms with van der Waals surface area (Å²) < 4.78 is 15.1. The summed E-state index contributed by atoms with van der Waals surface area (Å²) in [5, 5.41) is 2.90. The molecule has 0 saturated carbocycles. The minimum Gasteiger partial charge on any atom is -0.493 e. The van der Waals surface area contributed by atoms with E-state index in [0.717, 1.165) is 0 Å². The molecule has 0 aliphatic carbocycles. The summed E-state index contributed by atoms with van der Waals surface area (Å²) in [6, 6.07) is 7.41. The van der Waals surface area contributed by atoms with E-state index in [0.29, 0.717) is 24.7 Å². The van der Waals surface area contributed by atoms with Crippen LogP contribution in [0.4, 0.5) is 0 Å². The molecule has 0 bridgehead atoms. The van der Waals surface area contributed by atoms with Crippen molar-refractivity contribution in [1.29, 1.82) is 0 Å². The third-order valence-corrected chi connectivity index (χ3v) is 2.10. The summed E-state index contributed by atoms with van der Waals surface area (Å²) in [4.78, 5) is 10.8. The van der Waals surface area contributed by atoms with Crippen LogP contribution in [0.1, 0.15) is 0 Å². The Hall–Kier alpha value is -1.75. The Balaban J connectivity index is 2.24. The lowest BCUT2D eigenvalue weighted by molar-refractivity contribution is -0.139. The van der Waals surface area contributed by atoms with Crippen LogP contribution in [0, 0.1) is 0 Å². The van der Waals surface area contributed by atoms with Gasteiger partial charge in [-0.05, 0) is 12.1 Å². The molecule has 0 fully saturated rings. The minimum absolute atomic E-state index is 0.186. The van der Waals surface area contributed by atoms with Crippen LogP contribution < -0.4 is 14.8 Å². The second-order valence-corrected chi connectivity index (χ2v) is 3.25. The number of para-hydroxylation sites is 2. The minimum atomic E-state index is -0.290. The van der Waals surface area contributed by atoms with Crippen LogP contribution in [0.3, 0.4) is 0 Å². The van der Waals surface area contributed by atoms with Gasteiger partial charge in [0.05, 0.1) is 20.8 Å². The van der Waals surface area contributed by atoms with Crippen LogP contribution in [0.2, 0.25) is 0 Å². The summed E-state index contributed by atoms with van der Waals surface area (Å²) in [7, 11) is 2.95. The van der Waals surface area contributed by atoms with E-state index in [2.05, 4.69) is 10.1 Å². The van der Waals surface area contributed by atoms with Crippen LogP contribution in [0.5, 0.6) is 11.5 Å². The van der Waals surface area contributed by atoms with Crippen LogP contribution in [-0.2, 0) is 9.53 Å². The molecule has 0 amide bonds. The van der Waals surface area contributed by atoms with E-state index < -0.39 is 0 Å². The maximum atomic E-state index is 10.8. The number of benzene rings is 1. The molecule has 0 saturated heterocycles. The van der Waals surface area contributed by atoms with E-state index in [-0.39, 0.29) is 12.5 Å². The molecular weight excluding hydrogens is 222 g/mol. The van der Waals surface area contributed by atoms with Crippen LogP contribution >= 0.6 is 0 Å². The van der Waals surface area contributed by atoms with Crippen molar-refractivity contribution in [2.24, 2.45) is 0 Å². The lowest BCUT2D eigenvalue weighted by Crippen LogP contribution is -2.27. The Labute approximate surface area is 101 Å². The first kappa shape index (κ1) is 13.3. The van der Waals surface area contributed by atoms with Gasteiger partial charge in [0.1, 0.15) is 6.61 Å². The molecule has 5 heteroatoms. The Morgan fingerprint density at radius 1 is 1.24 bits per heavy atom. The van der Waals surface area contributed by atoms with E-state index in [9.17, 15) is 4.79 Å². The Morgan fingerprint density at radius 3 is 2.59 bits per heavy atom. The zero-order chi connectivity index (χ0) is 12.5. The van der Waals surface area contributed by atoms with Gasteiger partial charge in [-0.15, -0.1) is 0 Å². The maximum Gasteiger partial charge on any atom is 0.319 e. The van der Waals surface area contributed by atoms with Gasteiger partial charge in [-0.3, -0.25) is 4.79 Å². The highest BCUT2D eigenvalue weighted by molar-refractivity contribution is 5.71. The number of rotatable bonds is 7. The summed E-state index contributed by atoms with van der Waals surface area (Å²) in [6.07, 6.45) is 0. The quantitative estimate of drug-likeness (QED) is 0.564. The van der Waals surface area contributed by atoms with Gasteiger partial charge in [-0.25, -0.2) is 0 Å². The van der Waals surface area contributed by atoms with Gasteiger partial charge in [-0.1, -0.05) is 12.1 Å². The topological polar surface area (TPSA) is 56.8 Å². The number of esters is 1. The molecule has 0 aliphatic heterocycles. The van der Waals surface area contributed by atoms with Gasteiger partial charge in [0.15, 0.2) is 11.5 Å². The maximum absolute atomic E-state index is 10.8. The second-order valence-electron chi connectivity index (χ2n) is 3.25. The van der Waals surface area contributed by atoms with Gasteiger partial charge in [-0.2, -0.15) is 0 Å². The van der Waals surface area contributed by atoms with Crippen LogP contribution in [0.15, 0.2) is 24.3 Å². The average Bonchev–Trinajstić information content (AvgIpc) is 2.38. The molecule has 1 aromatic rings. The van der Waals surface area contributed by atoms with E-state index in [1.807, 2.05) is 24.3 Å². The van der Waals surface area contributed by atoms with Crippen molar-refractivity contribution in [2.75, 3.05) is 33.9 Å². The first-order valence-corrected chi connectivity index (χ1v) is 5.31. The third-order valence-electron chi connectivity index (χ3n) is 2.10. The van der Waals surface area contributed by atoms with Crippen LogP contribution in [-0.4, -0.2) is 39.9 Å². The summed E-state index contributed by atoms with van der Waals surface area (Å²) in [6.45, 7) is 1.20. The Kier molecular flexibility index (Phi) is 5.88. The lowest BCUT2D eigenvalue weighted by Gasteiger charge is -2.10. The molecule has 0 radical (unpaired) electrons. The predicted molar refractivity (Wildman–Crippen MR) is 63.4 cm³/mol. The third kappa shape index (κ3) is 4.74. The van der Waals surface area contributed by atoms with Gasteiger partial charge in [0, 0.05) is 6.54 Å². The molecule has 1 rings (SSSR count). The largest absolute Gasteiger partial charge is 0.493 e. The molecular formula is C12H17NO4. The summed E-state index contributed by atoms with van der Waals surface area (Å²) in [5.41, 5.74) is 0. The zero-order valence-electron chi connectivity index (χ0n) is 10.1. The molecule has 0 unspecified atom stereocenters. The molecule has 0 aliphatic rings. The fourth-order valence-corrected chi connectivity index (χ4v) is 1.23. The van der Waals surface area contributed by atoms with Gasteiger partial charge < -0.3 is 19.5 Å². The Bertz CT molecular complexity index is 354. The summed E-state index contributed by atoms with van der Waals surface area (Å²) >= 11 is 0. The predicted octanol–water partition coefficient (Wildman–Crippen LogP) is 0.837. The van der Waals surface area contributed by atoms with Crippen molar-refractivity contribution in [3.05, 3.63) is 24.3 Å². The highest BCUT2D eigenvalue weighted by Gasteiger charge is 2.02. The molecule has 17 heavy (non-hydrogen) atoms. The highest BCUT2D eigenvalue weighted by Crippen LogP contribution is 2.25. The summed E-state index contributed by atoms with van der Waals surface area (Å²) in [5.74, 6) is 1.10. The second kappa shape index (κ2) is 7.51. The fourth-order valence-electron chi connectivity index (χ4n) is 1.23. The van der Waals surface area contributed by atoms with Crippen LogP contribution in [0.25, 0.3) is 0 Å². The Morgan fingerprint density at radius 2 is 1.94 bits per heavy atom. The average molecular weight is 239 g/mol. The monoisotopic (exact) mass is 239 g/mol. The van der Waals surface area contributed by atoms with Gasteiger partial charge >= 0.3 is 5.97 Å². The SMILES string of the molecule is COC(=O)CNCCOc1ccccc1OC. The molecule has 94 valence electrons. The van der Waals surface area contributed by atoms with E-state index in [1.165, 1.54) is 7.11 Å². The number of methoxy groups -OCH3 is 2. The number of carbonyl (C=O) groups excluding carboxylic acids is 1. The smallest absolute Gasteiger partial charge is 0.319 e. The van der Waals surface area contributed by atoms with Gasteiger partial charge in [0.25, 0.3) is 0 Å². The molecule has 5 nitrogen and oxygen atoms in total. The van der Waals surface area contributed by atoms with Crippen molar-refractivity contribution in [3.63, 3.8) is 0 Å². The normalized spacial score (nSPS) is 9.76. The van der Waals surface area contributed by atoms with E-state index >= 15 is 0 Å². The molecule has 0 atom stereocenters. The number of carbonyl (C=O) groups is 1.